The molecule has 2 N–H and O–H groups in total. The van der Waals surface area contributed by atoms with Crippen molar-refractivity contribution in [2.24, 2.45) is 5.92 Å². The van der Waals surface area contributed by atoms with Crippen LogP contribution in [0.5, 0.6) is 0 Å². The van der Waals surface area contributed by atoms with Gasteiger partial charge in [-0.15, -0.1) is 0 Å². The molecule has 1 aliphatic carbocycles. The predicted molar refractivity (Wildman–Crippen MR) is 61.0 cm³/mol. The zero-order valence-electron chi connectivity index (χ0n) is 9.87. The number of unbranched alkanes of at least 4 members (excludes halogenated alkanes) is 3. The van der Waals surface area contributed by atoms with E-state index in [1.165, 1.54) is 0 Å². The summed E-state index contributed by atoms with van der Waals surface area (Å²) in [5.74, 6) is -0.850. The second-order valence-electron chi connectivity index (χ2n) is 4.53. The standard InChI is InChI=1S/C12H21NO3/c1-2-3-4-5-6-10(14)13-11(12(15)16)9-7-8-9/h9,11H,2-8H2,1H3,(H,13,14)(H,15,16). The molecule has 0 aromatic carbocycles. The lowest BCUT2D eigenvalue weighted by Gasteiger charge is -2.13. The molecular formula is C12H21NO3. The molecule has 4 nitrogen and oxygen atoms in total. The van der Waals surface area contributed by atoms with Crippen LogP contribution < -0.4 is 5.32 Å². The van der Waals surface area contributed by atoms with Crippen LogP contribution in [0, 0.1) is 5.92 Å². The molecule has 92 valence electrons. The third kappa shape index (κ3) is 4.64. The molecule has 1 saturated carbocycles. The fourth-order valence-corrected chi connectivity index (χ4v) is 1.77. The van der Waals surface area contributed by atoms with Gasteiger partial charge in [-0.25, -0.2) is 4.79 Å². The maximum Gasteiger partial charge on any atom is 0.326 e. The number of carbonyl (C=O) groups excluding carboxylic acids is 1. The first-order valence-electron chi connectivity index (χ1n) is 6.17. The largest absolute Gasteiger partial charge is 0.480 e. The Morgan fingerprint density at radius 2 is 2.00 bits per heavy atom. The highest BCUT2D eigenvalue weighted by molar-refractivity contribution is 5.83. The molecule has 1 atom stereocenters. The van der Waals surface area contributed by atoms with Crippen LogP contribution in [0.2, 0.25) is 0 Å². The Hall–Kier alpha value is -1.06. The topological polar surface area (TPSA) is 66.4 Å². The molecular weight excluding hydrogens is 206 g/mol. The van der Waals surface area contributed by atoms with Crippen molar-refractivity contribution in [2.75, 3.05) is 0 Å². The Kier molecular flexibility index (Phi) is 5.29. The average molecular weight is 227 g/mol. The lowest BCUT2D eigenvalue weighted by Crippen LogP contribution is -2.42. The monoisotopic (exact) mass is 227 g/mol. The molecule has 1 aliphatic rings. The molecule has 4 heteroatoms. The van der Waals surface area contributed by atoms with E-state index >= 15 is 0 Å². The Morgan fingerprint density at radius 3 is 2.50 bits per heavy atom. The SMILES string of the molecule is CCCCCCC(=O)NC(C(=O)O)C1CC1. The van der Waals surface area contributed by atoms with E-state index < -0.39 is 12.0 Å². The van der Waals surface area contributed by atoms with Crippen LogP contribution in [0.15, 0.2) is 0 Å². The Bertz CT molecular complexity index is 249. The minimum absolute atomic E-state index is 0.115. The first-order valence-corrected chi connectivity index (χ1v) is 6.17. The number of carbonyl (C=O) groups is 2. The number of carboxylic acid groups (broad SMARTS) is 1. The van der Waals surface area contributed by atoms with Gasteiger partial charge in [0.15, 0.2) is 0 Å². The van der Waals surface area contributed by atoms with E-state index in [-0.39, 0.29) is 11.8 Å². The molecule has 1 rings (SSSR count). The van der Waals surface area contributed by atoms with Gasteiger partial charge in [0.25, 0.3) is 0 Å². The smallest absolute Gasteiger partial charge is 0.326 e. The highest BCUT2D eigenvalue weighted by atomic mass is 16.4. The van der Waals surface area contributed by atoms with E-state index in [0.29, 0.717) is 6.42 Å². The molecule has 0 radical (unpaired) electrons. The summed E-state index contributed by atoms with van der Waals surface area (Å²) in [7, 11) is 0. The maximum atomic E-state index is 11.5. The number of nitrogens with one attached hydrogen (secondary N) is 1. The highest BCUT2D eigenvalue weighted by Crippen LogP contribution is 2.32. The van der Waals surface area contributed by atoms with Gasteiger partial charge in [0, 0.05) is 6.42 Å². The van der Waals surface area contributed by atoms with Crippen molar-refractivity contribution in [1.29, 1.82) is 0 Å². The highest BCUT2D eigenvalue weighted by Gasteiger charge is 2.36. The number of hydrogen-bond donors (Lipinski definition) is 2. The summed E-state index contributed by atoms with van der Waals surface area (Å²) in [4.78, 5) is 22.4. The van der Waals surface area contributed by atoms with E-state index in [1.807, 2.05) is 0 Å². The van der Waals surface area contributed by atoms with Crippen LogP contribution in [0.1, 0.15) is 51.9 Å². The van der Waals surface area contributed by atoms with Gasteiger partial charge in [0.1, 0.15) is 6.04 Å². The maximum absolute atomic E-state index is 11.5. The van der Waals surface area contributed by atoms with E-state index in [4.69, 9.17) is 5.11 Å². The Labute approximate surface area is 96.4 Å². The average Bonchev–Trinajstić information content (AvgIpc) is 3.04. The van der Waals surface area contributed by atoms with Crippen molar-refractivity contribution in [1.82, 2.24) is 5.32 Å². The normalized spacial score (nSPS) is 16.8. The Balaban J connectivity index is 2.18. The molecule has 0 aromatic heterocycles. The number of rotatable bonds is 8. The molecule has 0 bridgehead atoms. The van der Waals surface area contributed by atoms with Gasteiger partial charge in [-0.05, 0) is 25.2 Å². The van der Waals surface area contributed by atoms with Gasteiger partial charge in [0.05, 0.1) is 0 Å². The van der Waals surface area contributed by atoms with Crippen LogP contribution in [0.4, 0.5) is 0 Å². The molecule has 16 heavy (non-hydrogen) atoms. The number of carboxylic acids is 1. The van der Waals surface area contributed by atoms with Crippen molar-refractivity contribution in [3.05, 3.63) is 0 Å². The van der Waals surface area contributed by atoms with Gasteiger partial charge in [-0.2, -0.15) is 0 Å². The van der Waals surface area contributed by atoms with Gasteiger partial charge in [-0.1, -0.05) is 26.2 Å². The quantitative estimate of drug-likeness (QED) is 0.623. The number of hydrogen-bond acceptors (Lipinski definition) is 2. The first kappa shape index (κ1) is 13.0. The van der Waals surface area contributed by atoms with Crippen LogP contribution in [-0.4, -0.2) is 23.0 Å². The lowest BCUT2D eigenvalue weighted by molar-refractivity contribution is -0.142. The zero-order valence-corrected chi connectivity index (χ0v) is 9.87. The summed E-state index contributed by atoms with van der Waals surface area (Å²) in [5.41, 5.74) is 0. The minimum atomic E-state index is -0.899. The van der Waals surface area contributed by atoms with E-state index in [2.05, 4.69) is 12.2 Å². The summed E-state index contributed by atoms with van der Waals surface area (Å²) in [6.07, 6.45) is 6.48. The van der Waals surface area contributed by atoms with E-state index in [1.54, 1.807) is 0 Å². The summed E-state index contributed by atoms with van der Waals surface area (Å²) in [5, 5.41) is 11.5. The number of amides is 1. The van der Waals surface area contributed by atoms with Crippen LogP contribution in [-0.2, 0) is 9.59 Å². The fraction of sp³-hybridized carbons (Fsp3) is 0.833. The Morgan fingerprint density at radius 1 is 1.31 bits per heavy atom. The number of aliphatic carboxylic acids is 1. The molecule has 0 saturated heterocycles. The molecule has 1 unspecified atom stereocenters. The van der Waals surface area contributed by atoms with E-state index in [9.17, 15) is 9.59 Å². The van der Waals surface area contributed by atoms with Crippen LogP contribution in [0.3, 0.4) is 0 Å². The first-order chi connectivity index (χ1) is 7.65. The predicted octanol–water partition coefficient (Wildman–Crippen LogP) is 1.94. The second kappa shape index (κ2) is 6.51. The summed E-state index contributed by atoms with van der Waals surface area (Å²) in [6, 6.07) is -0.654. The third-order valence-electron chi connectivity index (χ3n) is 2.93. The summed E-state index contributed by atoms with van der Waals surface area (Å²) < 4.78 is 0. The molecule has 0 spiro atoms. The lowest BCUT2D eigenvalue weighted by atomic mass is 10.1. The van der Waals surface area contributed by atoms with Crippen molar-refractivity contribution < 1.29 is 14.7 Å². The van der Waals surface area contributed by atoms with Gasteiger partial charge >= 0.3 is 5.97 Å². The van der Waals surface area contributed by atoms with Gasteiger partial charge in [-0.3, -0.25) is 4.79 Å². The minimum Gasteiger partial charge on any atom is -0.480 e. The summed E-state index contributed by atoms with van der Waals surface area (Å²) in [6.45, 7) is 2.12. The third-order valence-corrected chi connectivity index (χ3v) is 2.93. The zero-order chi connectivity index (χ0) is 12.0. The molecule has 1 amide bonds. The molecule has 0 aromatic rings. The molecule has 0 aliphatic heterocycles. The van der Waals surface area contributed by atoms with E-state index in [0.717, 1.165) is 38.5 Å². The molecule has 0 heterocycles. The van der Waals surface area contributed by atoms with Crippen molar-refractivity contribution >= 4 is 11.9 Å². The van der Waals surface area contributed by atoms with Crippen molar-refractivity contribution in [3.63, 3.8) is 0 Å². The second-order valence-corrected chi connectivity index (χ2v) is 4.53. The summed E-state index contributed by atoms with van der Waals surface area (Å²) >= 11 is 0. The van der Waals surface area contributed by atoms with Gasteiger partial charge in [0.2, 0.25) is 5.91 Å². The fourth-order valence-electron chi connectivity index (χ4n) is 1.77. The van der Waals surface area contributed by atoms with Crippen LogP contribution in [0.25, 0.3) is 0 Å². The van der Waals surface area contributed by atoms with Crippen molar-refractivity contribution in [3.8, 4) is 0 Å². The van der Waals surface area contributed by atoms with Gasteiger partial charge < -0.3 is 10.4 Å². The molecule has 1 fully saturated rings. The van der Waals surface area contributed by atoms with Crippen molar-refractivity contribution in [2.45, 2.75) is 57.9 Å². The van der Waals surface area contributed by atoms with Crippen LogP contribution >= 0.6 is 0 Å².